The van der Waals surface area contributed by atoms with Crippen molar-refractivity contribution in [2.24, 2.45) is 0 Å². The van der Waals surface area contributed by atoms with E-state index in [0.717, 1.165) is 22.8 Å². The maximum atomic E-state index is 13.2. The molecule has 142 valence electrons. The first kappa shape index (κ1) is 17.9. The van der Waals surface area contributed by atoms with E-state index in [1.165, 1.54) is 0 Å². The minimum absolute atomic E-state index is 0.0444. The van der Waals surface area contributed by atoms with Gasteiger partial charge in [0.2, 0.25) is 0 Å². The number of methoxy groups -OCH3 is 2. The fourth-order valence-electron chi connectivity index (χ4n) is 3.26. The van der Waals surface area contributed by atoms with Crippen molar-refractivity contribution in [2.75, 3.05) is 39.7 Å². The summed E-state index contributed by atoms with van der Waals surface area (Å²) in [7, 11) is 3.15. The molecule has 0 unspecified atom stereocenters. The zero-order chi connectivity index (χ0) is 18.8. The molecule has 6 nitrogen and oxygen atoms in total. The van der Waals surface area contributed by atoms with Crippen LogP contribution in [0.4, 0.5) is 0 Å². The van der Waals surface area contributed by atoms with Crippen LogP contribution >= 0.6 is 11.8 Å². The van der Waals surface area contributed by atoms with Crippen LogP contribution in [0.3, 0.4) is 0 Å². The third-order valence-corrected chi connectivity index (χ3v) is 5.86. The highest BCUT2D eigenvalue weighted by Crippen LogP contribution is 2.42. The molecule has 7 heteroatoms. The first-order valence-corrected chi connectivity index (χ1v) is 9.79. The lowest BCUT2D eigenvalue weighted by atomic mass is 10.1. The summed E-state index contributed by atoms with van der Waals surface area (Å²) in [5.74, 6) is 3.52. The van der Waals surface area contributed by atoms with Gasteiger partial charge in [0.15, 0.2) is 11.5 Å². The summed E-state index contributed by atoms with van der Waals surface area (Å²) in [6.07, 6.45) is 0. The lowest BCUT2D eigenvalue weighted by molar-refractivity contribution is 0.0759. The third kappa shape index (κ3) is 3.51. The van der Waals surface area contributed by atoms with Gasteiger partial charge in [0, 0.05) is 23.9 Å². The molecule has 0 N–H and O–H groups in total. The minimum Gasteiger partial charge on any atom is -0.497 e. The standard InChI is InChI=1S/C20H21NO5S/c1-23-15-9-14(10-16(12-15)24-2)19(22)21-5-8-27-20(21)13-3-4-17-18(11-13)26-7-6-25-17/h3-4,9-12,20H,5-8H2,1-2H3/t20-/m0/s1. The predicted molar refractivity (Wildman–Crippen MR) is 103 cm³/mol. The molecule has 2 aliphatic rings. The number of carbonyl (C=O) groups is 1. The normalized spacial score (nSPS) is 18.3. The summed E-state index contributed by atoms with van der Waals surface area (Å²) < 4.78 is 21.9. The highest BCUT2D eigenvalue weighted by atomic mass is 32.2. The molecular weight excluding hydrogens is 366 g/mol. The monoisotopic (exact) mass is 387 g/mol. The fourth-order valence-corrected chi connectivity index (χ4v) is 4.51. The Morgan fingerprint density at radius 1 is 1.04 bits per heavy atom. The molecule has 2 heterocycles. The molecule has 1 amide bonds. The first-order chi connectivity index (χ1) is 13.2. The molecule has 1 saturated heterocycles. The second kappa shape index (κ2) is 7.60. The van der Waals surface area contributed by atoms with E-state index in [4.69, 9.17) is 18.9 Å². The van der Waals surface area contributed by atoms with Crippen LogP contribution in [0, 0.1) is 0 Å². The zero-order valence-electron chi connectivity index (χ0n) is 15.3. The molecule has 4 rings (SSSR count). The number of hydrogen-bond donors (Lipinski definition) is 0. The molecule has 0 aromatic heterocycles. The Morgan fingerprint density at radius 3 is 2.44 bits per heavy atom. The Kier molecular flexibility index (Phi) is 5.03. The number of amides is 1. The highest BCUT2D eigenvalue weighted by molar-refractivity contribution is 7.99. The third-order valence-electron chi connectivity index (χ3n) is 4.60. The van der Waals surface area contributed by atoms with Gasteiger partial charge in [-0.2, -0.15) is 0 Å². The van der Waals surface area contributed by atoms with Gasteiger partial charge in [-0.1, -0.05) is 6.07 Å². The van der Waals surface area contributed by atoms with Crippen molar-refractivity contribution in [3.63, 3.8) is 0 Å². The van der Waals surface area contributed by atoms with Gasteiger partial charge < -0.3 is 23.8 Å². The lowest BCUT2D eigenvalue weighted by Crippen LogP contribution is -2.30. The van der Waals surface area contributed by atoms with E-state index in [2.05, 4.69) is 0 Å². The number of rotatable bonds is 4. The van der Waals surface area contributed by atoms with Crippen molar-refractivity contribution in [1.29, 1.82) is 0 Å². The predicted octanol–water partition coefficient (Wildman–Crippen LogP) is 3.36. The van der Waals surface area contributed by atoms with Crippen LogP contribution in [0.2, 0.25) is 0 Å². The quantitative estimate of drug-likeness (QED) is 0.802. The molecule has 0 spiro atoms. The van der Waals surface area contributed by atoms with Crippen molar-refractivity contribution < 1.29 is 23.7 Å². The average molecular weight is 387 g/mol. The zero-order valence-corrected chi connectivity index (χ0v) is 16.1. The molecule has 1 atom stereocenters. The number of benzene rings is 2. The van der Waals surface area contributed by atoms with Gasteiger partial charge in [-0.15, -0.1) is 11.8 Å². The van der Waals surface area contributed by atoms with Crippen molar-refractivity contribution >= 4 is 17.7 Å². The summed E-state index contributed by atoms with van der Waals surface area (Å²) in [5.41, 5.74) is 1.58. The van der Waals surface area contributed by atoms with Crippen LogP contribution in [-0.2, 0) is 0 Å². The van der Waals surface area contributed by atoms with Crippen molar-refractivity contribution in [2.45, 2.75) is 5.37 Å². The molecule has 2 aromatic rings. The van der Waals surface area contributed by atoms with Crippen molar-refractivity contribution in [3.05, 3.63) is 47.5 Å². The molecular formula is C20H21NO5S. The molecule has 0 radical (unpaired) electrons. The molecule has 0 saturated carbocycles. The molecule has 0 bridgehead atoms. The minimum atomic E-state index is -0.0643. The van der Waals surface area contributed by atoms with E-state index in [-0.39, 0.29) is 11.3 Å². The first-order valence-electron chi connectivity index (χ1n) is 8.75. The second-order valence-corrected chi connectivity index (χ2v) is 7.41. The largest absolute Gasteiger partial charge is 0.497 e. The summed E-state index contributed by atoms with van der Waals surface area (Å²) in [4.78, 5) is 15.1. The highest BCUT2D eigenvalue weighted by Gasteiger charge is 2.32. The van der Waals surface area contributed by atoms with E-state index < -0.39 is 0 Å². The number of ether oxygens (including phenoxy) is 4. The van der Waals surface area contributed by atoms with E-state index in [1.54, 1.807) is 44.2 Å². The lowest BCUT2D eigenvalue weighted by Gasteiger charge is -2.26. The van der Waals surface area contributed by atoms with Gasteiger partial charge in [-0.05, 0) is 29.8 Å². The van der Waals surface area contributed by atoms with E-state index in [9.17, 15) is 4.79 Å². The topological polar surface area (TPSA) is 57.2 Å². The molecule has 27 heavy (non-hydrogen) atoms. The van der Waals surface area contributed by atoms with Crippen molar-refractivity contribution in [3.8, 4) is 23.0 Å². The molecule has 0 aliphatic carbocycles. The number of hydrogen-bond acceptors (Lipinski definition) is 6. The summed E-state index contributed by atoms with van der Waals surface area (Å²) >= 11 is 1.74. The van der Waals surface area contributed by atoms with Crippen LogP contribution in [0.25, 0.3) is 0 Å². The van der Waals surface area contributed by atoms with Crippen LogP contribution in [0.1, 0.15) is 21.3 Å². The summed E-state index contributed by atoms with van der Waals surface area (Å²) in [6.45, 7) is 1.79. The van der Waals surface area contributed by atoms with Gasteiger partial charge in [-0.3, -0.25) is 4.79 Å². The Hall–Kier alpha value is -2.54. The Morgan fingerprint density at radius 2 is 1.74 bits per heavy atom. The van der Waals surface area contributed by atoms with Gasteiger partial charge in [0.1, 0.15) is 30.1 Å². The van der Waals surface area contributed by atoms with E-state index in [0.29, 0.717) is 36.8 Å². The van der Waals surface area contributed by atoms with Crippen LogP contribution < -0.4 is 18.9 Å². The maximum absolute atomic E-state index is 13.2. The smallest absolute Gasteiger partial charge is 0.255 e. The Balaban J connectivity index is 1.62. The Bertz CT molecular complexity index is 834. The fraction of sp³-hybridized carbons (Fsp3) is 0.350. The maximum Gasteiger partial charge on any atom is 0.255 e. The van der Waals surface area contributed by atoms with Gasteiger partial charge >= 0.3 is 0 Å². The number of carbonyl (C=O) groups excluding carboxylic acids is 1. The number of nitrogens with zero attached hydrogens (tertiary/aromatic N) is 1. The SMILES string of the molecule is COc1cc(OC)cc(C(=O)N2CCS[C@H]2c2ccc3c(c2)OCCO3)c1. The number of thioether (sulfide) groups is 1. The average Bonchev–Trinajstić information content (AvgIpc) is 3.22. The van der Waals surface area contributed by atoms with Gasteiger partial charge in [-0.25, -0.2) is 0 Å². The molecule has 1 fully saturated rings. The molecule has 2 aromatic carbocycles. The summed E-state index contributed by atoms with van der Waals surface area (Å²) in [5, 5.41) is -0.0643. The van der Waals surface area contributed by atoms with Crippen LogP contribution in [0.15, 0.2) is 36.4 Å². The van der Waals surface area contributed by atoms with Crippen LogP contribution in [0.5, 0.6) is 23.0 Å². The molecule has 2 aliphatic heterocycles. The van der Waals surface area contributed by atoms with Crippen molar-refractivity contribution in [1.82, 2.24) is 4.90 Å². The van der Waals surface area contributed by atoms with Gasteiger partial charge in [0.25, 0.3) is 5.91 Å². The van der Waals surface area contributed by atoms with Gasteiger partial charge in [0.05, 0.1) is 14.2 Å². The van der Waals surface area contributed by atoms with Crippen LogP contribution in [-0.4, -0.2) is 50.5 Å². The summed E-state index contributed by atoms with van der Waals surface area (Å²) in [6, 6.07) is 11.1. The Labute approximate surface area is 162 Å². The van der Waals surface area contributed by atoms with E-state index in [1.807, 2.05) is 23.1 Å². The number of fused-ring (bicyclic) bond motifs is 1. The second-order valence-electron chi connectivity index (χ2n) is 6.23. The van der Waals surface area contributed by atoms with E-state index >= 15 is 0 Å².